The Balaban J connectivity index is 1.21. The average Bonchev–Trinajstić information content (AvgIpc) is 3.69. The fraction of sp³-hybridized carbons (Fsp3) is 0.138. The minimum absolute atomic E-state index is 0.301. The third-order valence-electron chi connectivity index (χ3n) is 7.22. The van der Waals surface area contributed by atoms with Gasteiger partial charge in [-0.15, -0.1) is 10.2 Å². The summed E-state index contributed by atoms with van der Waals surface area (Å²) in [7, 11) is 1.26. The summed E-state index contributed by atoms with van der Waals surface area (Å²) in [4.78, 5) is 24.4. The molecule has 1 aliphatic carbocycles. The molecule has 0 radical (unpaired) electrons. The molecule has 10 nitrogen and oxygen atoms in total. The molecule has 1 N–H and O–H groups in total. The number of rotatable bonds is 5. The number of nitrogens with one attached hydrogen (secondary N) is 1. The number of fused-ring (bicyclic) bond motifs is 2. The highest BCUT2D eigenvalue weighted by Crippen LogP contribution is 2.53. The molecule has 6 aromatic rings. The van der Waals surface area contributed by atoms with Crippen molar-refractivity contribution in [3.05, 3.63) is 96.5 Å². The number of aromatic nitrogens is 7. The van der Waals surface area contributed by atoms with Crippen molar-refractivity contribution < 1.29 is 13.9 Å². The van der Waals surface area contributed by atoms with E-state index in [0.29, 0.717) is 39.8 Å². The lowest BCUT2D eigenvalue weighted by molar-refractivity contribution is 0.187. The number of ether oxygens (including phenoxy) is 1. The summed E-state index contributed by atoms with van der Waals surface area (Å²) in [6, 6.07) is 18.3. The molecule has 4 aromatic heterocycles. The first kappa shape index (κ1) is 23.8. The van der Waals surface area contributed by atoms with Gasteiger partial charge in [0.15, 0.2) is 5.82 Å². The summed E-state index contributed by atoms with van der Waals surface area (Å²) in [5.41, 5.74) is 3.73. The predicted molar refractivity (Wildman–Crippen MR) is 145 cm³/mol. The van der Waals surface area contributed by atoms with Gasteiger partial charge in [0.1, 0.15) is 17.3 Å². The summed E-state index contributed by atoms with van der Waals surface area (Å²) in [6.07, 6.45) is 6.03. The molecule has 40 heavy (non-hydrogen) atoms. The number of halogens is 1. The second-order valence-electron chi connectivity index (χ2n) is 9.62. The highest BCUT2D eigenvalue weighted by Gasteiger charge is 2.50. The Morgan fingerprint density at radius 2 is 1.85 bits per heavy atom. The number of benzene rings is 2. The van der Waals surface area contributed by atoms with E-state index in [1.165, 1.54) is 19.4 Å². The number of pyridine rings is 2. The molecule has 1 fully saturated rings. The molecule has 1 saturated carbocycles. The van der Waals surface area contributed by atoms with Crippen LogP contribution in [-0.2, 0) is 10.2 Å². The Kier molecular flexibility index (Phi) is 5.44. The van der Waals surface area contributed by atoms with Gasteiger partial charge in [0.05, 0.1) is 24.2 Å². The van der Waals surface area contributed by atoms with Gasteiger partial charge in [0, 0.05) is 34.5 Å². The normalized spacial score (nSPS) is 13.8. The predicted octanol–water partition coefficient (Wildman–Crippen LogP) is 5.19. The van der Waals surface area contributed by atoms with Gasteiger partial charge < -0.3 is 4.74 Å². The number of nitrogens with zero attached hydrogens (tertiary/aromatic N) is 7. The maximum Gasteiger partial charge on any atom is 0.412 e. The lowest BCUT2D eigenvalue weighted by atomic mass is 9.94. The average molecular weight is 533 g/mol. The van der Waals surface area contributed by atoms with Crippen LogP contribution in [-0.4, -0.2) is 48.0 Å². The summed E-state index contributed by atoms with van der Waals surface area (Å²) in [5.74, 6) is 0.956. The van der Waals surface area contributed by atoms with Crippen molar-refractivity contribution in [1.82, 2.24) is 34.8 Å². The molecule has 0 atom stereocenters. The van der Waals surface area contributed by atoms with E-state index < -0.39 is 11.9 Å². The van der Waals surface area contributed by atoms with Crippen molar-refractivity contribution in [3.8, 4) is 22.4 Å². The van der Waals surface area contributed by atoms with Crippen molar-refractivity contribution in [1.29, 1.82) is 0 Å². The summed E-state index contributed by atoms with van der Waals surface area (Å²) in [6.45, 7) is 0. The van der Waals surface area contributed by atoms with Crippen molar-refractivity contribution in [3.63, 3.8) is 0 Å². The summed E-state index contributed by atoms with van der Waals surface area (Å²) >= 11 is 0. The zero-order valence-electron chi connectivity index (χ0n) is 21.2. The van der Waals surface area contributed by atoms with Crippen molar-refractivity contribution in [2.45, 2.75) is 18.3 Å². The molecule has 11 heteroatoms. The maximum absolute atomic E-state index is 15.3. The number of methoxy groups -OCH3 is 1. The van der Waals surface area contributed by atoms with Crippen molar-refractivity contribution in [2.24, 2.45) is 0 Å². The van der Waals surface area contributed by atoms with E-state index in [2.05, 4.69) is 47.3 Å². The van der Waals surface area contributed by atoms with Crippen LogP contribution in [0.2, 0.25) is 0 Å². The molecule has 0 aliphatic heterocycles. The van der Waals surface area contributed by atoms with E-state index in [1.54, 1.807) is 41.2 Å². The number of carbonyl (C=O) groups is 1. The van der Waals surface area contributed by atoms with Crippen LogP contribution in [0.3, 0.4) is 0 Å². The highest BCUT2D eigenvalue weighted by molar-refractivity contribution is 5.83. The van der Waals surface area contributed by atoms with E-state index in [-0.39, 0.29) is 5.41 Å². The molecule has 0 spiro atoms. The van der Waals surface area contributed by atoms with Gasteiger partial charge in [-0.1, -0.05) is 24.3 Å². The minimum atomic E-state index is -0.632. The fourth-order valence-corrected chi connectivity index (χ4v) is 4.96. The smallest absolute Gasteiger partial charge is 0.412 e. The van der Waals surface area contributed by atoms with E-state index in [0.717, 1.165) is 29.3 Å². The highest BCUT2D eigenvalue weighted by atomic mass is 19.1. The van der Waals surface area contributed by atoms with Gasteiger partial charge >= 0.3 is 6.09 Å². The van der Waals surface area contributed by atoms with Gasteiger partial charge in [0.25, 0.3) is 5.78 Å². The van der Waals surface area contributed by atoms with Crippen LogP contribution >= 0.6 is 0 Å². The van der Waals surface area contributed by atoms with Crippen molar-refractivity contribution in [2.75, 3.05) is 12.4 Å². The number of anilines is 1. The molecule has 4 heterocycles. The second kappa shape index (κ2) is 9.16. The SMILES string of the molecule is COC(=O)Nc1ccc(-c2ccc(-c3cnc4nnc(C5(c6ccc7ncccc7c6)CC5)n4n3)cc2F)cn1. The molecular formula is C29H21FN8O2. The van der Waals surface area contributed by atoms with Gasteiger partial charge in [0.2, 0.25) is 0 Å². The van der Waals surface area contributed by atoms with Crippen molar-refractivity contribution >= 4 is 28.6 Å². The van der Waals surface area contributed by atoms with Gasteiger partial charge in [-0.25, -0.2) is 19.2 Å². The molecule has 0 unspecified atom stereocenters. The van der Waals surface area contributed by atoms with Crippen LogP contribution in [0.15, 0.2) is 79.3 Å². The van der Waals surface area contributed by atoms with Crippen LogP contribution in [0.5, 0.6) is 0 Å². The zero-order chi connectivity index (χ0) is 27.3. The van der Waals surface area contributed by atoms with Gasteiger partial charge in [-0.3, -0.25) is 10.3 Å². The van der Waals surface area contributed by atoms with E-state index in [1.807, 2.05) is 18.2 Å². The van der Waals surface area contributed by atoms with Crippen LogP contribution in [0.25, 0.3) is 39.1 Å². The first-order valence-corrected chi connectivity index (χ1v) is 12.6. The summed E-state index contributed by atoms with van der Waals surface area (Å²) < 4.78 is 21.5. The minimum Gasteiger partial charge on any atom is -0.453 e. The first-order chi connectivity index (χ1) is 19.5. The monoisotopic (exact) mass is 532 g/mol. The third-order valence-corrected chi connectivity index (χ3v) is 7.22. The molecular weight excluding hydrogens is 511 g/mol. The second-order valence-corrected chi connectivity index (χ2v) is 9.62. The van der Waals surface area contributed by atoms with Crippen LogP contribution in [0.1, 0.15) is 24.2 Å². The largest absolute Gasteiger partial charge is 0.453 e. The third kappa shape index (κ3) is 3.99. The van der Waals surface area contributed by atoms with Crippen LogP contribution in [0, 0.1) is 5.82 Å². The van der Waals surface area contributed by atoms with E-state index in [9.17, 15) is 4.79 Å². The topological polar surface area (TPSA) is 120 Å². The van der Waals surface area contributed by atoms with Gasteiger partial charge in [-0.05, 0) is 54.8 Å². The standard InChI is InChI=1S/C29H21FN8O2/c1-40-28(39)34-25-9-5-19(15-32-25)21-7-4-18(14-22(21)30)24-16-33-27-36-35-26(38(27)37-24)29(10-11-29)20-6-8-23-17(13-20)3-2-12-31-23/h2-9,12-16H,10-11H2,1H3,(H,32,34,39). The number of hydrogen-bond acceptors (Lipinski definition) is 8. The Morgan fingerprint density at radius 3 is 2.62 bits per heavy atom. The Hall–Kier alpha value is -5.32. The Morgan fingerprint density at radius 1 is 0.975 bits per heavy atom. The van der Waals surface area contributed by atoms with E-state index >= 15 is 4.39 Å². The lowest BCUT2D eigenvalue weighted by Crippen LogP contribution is -2.15. The van der Waals surface area contributed by atoms with Gasteiger partial charge in [-0.2, -0.15) is 9.61 Å². The molecule has 0 saturated heterocycles. The zero-order valence-corrected chi connectivity index (χ0v) is 21.2. The molecule has 2 aromatic carbocycles. The molecule has 7 rings (SSSR count). The quantitative estimate of drug-likeness (QED) is 0.322. The maximum atomic E-state index is 15.3. The fourth-order valence-electron chi connectivity index (χ4n) is 4.96. The van der Waals surface area contributed by atoms with E-state index in [4.69, 9.17) is 5.10 Å². The molecule has 196 valence electrons. The first-order valence-electron chi connectivity index (χ1n) is 12.6. The Labute approximate surface area is 226 Å². The Bertz CT molecular complexity index is 1920. The molecule has 1 aliphatic rings. The van der Waals surface area contributed by atoms with Crippen LogP contribution in [0.4, 0.5) is 15.0 Å². The molecule has 1 amide bonds. The lowest BCUT2D eigenvalue weighted by Gasteiger charge is -2.14. The number of hydrogen-bond donors (Lipinski definition) is 1. The number of carbonyl (C=O) groups excluding carboxylic acids is 1. The molecule has 0 bridgehead atoms. The van der Waals surface area contributed by atoms with Crippen LogP contribution < -0.4 is 5.32 Å². The number of amides is 1. The summed E-state index contributed by atoms with van der Waals surface area (Å²) in [5, 5.41) is 17.0.